The molecule has 1 amide bonds. The summed E-state index contributed by atoms with van der Waals surface area (Å²) in [7, 11) is 0. The van der Waals surface area contributed by atoms with Gasteiger partial charge in [0.05, 0.1) is 12.1 Å². The molecule has 2 N–H and O–H groups in total. The number of carbonyl (C=O) groups is 2. The van der Waals surface area contributed by atoms with Crippen LogP contribution in [0.3, 0.4) is 0 Å². The number of rotatable bonds is 1. The minimum Gasteiger partial charge on any atom is -0.459 e. The predicted octanol–water partition coefficient (Wildman–Crippen LogP) is 3.69. The van der Waals surface area contributed by atoms with Crippen LogP contribution in [0.2, 0.25) is 0 Å². The normalized spacial score (nSPS) is 38.0. The summed E-state index contributed by atoms with van der Waals surface area (Å²) in [4.78, 5) is 24.1. The summed E-state index contributed by atoms with van der Waals surface area (Å²) in [6, 6.07) is -0.487. The molecule has 28 heavy (non-hydrogen) atoms. The Hall–Kier alpha value is -1.31. The highest BCUT2D eigenvalue weighted by molar-refractivity contribution is 8.13. The second-order valence-corrected chi connectivity index (χ2v) is 9.28. The molecule has 0 aromatic heterocycles. The maximum atomic E-state index is 12.3. The van der Waals surface area contributed by atoms with E-state index < -0.39 is 17.9 Å². The fraction of sp³-hybridized carbons (Fsp3) is 0.714. The van der Waals surface area contributed by atoms with E-state index in [-0.39, 0.29) is 23.7 Å². The largest absolute Gasteiger partial charge is 0.459 e. The summed E-state index contributed by atoms with van der Waals surface area (Å²) < 4.78 is 11.8. The molecule has 0 radical (unpaired) electrons. The third-order valence-electron chi connectivity index (χ3n) is 5.65. The van der Waals surface area contributed by atoms with Crippen molar-refractivity contribution >= 4 is 23.0 Å². The van der Waals surface area contributed by atoms with Crippen LogP contribution < -0.4 is 5.32 Å². The van der Waals surface area contributed by atoms with Crippen LogP contribution in [0.25, 0.3) is 0 Å². The number of ether oxygens (including phenoxy) is 2. The highest BCUT2D eigenvalue weighted by atomic mass is 32.2. The van der Waals surface area contributed by atoms with Crippen molar-refractivity contribution in [2.45, 2.75) is 82.8 Å². The summed E-state index contributed by atoms with van der Waals surface area (Å²) in [6.07, 6.45) is 10.1. The lowest BCUT2D eigenvalue weighted by molar-refractivity contribution is -0.287. The Kier molecular flexibility index (Phi) is 7.23. The fourth-order valence-corrected chi connectivity index (χ4v) is 4.86. The molecule has 156 valence electrons. The molecular formula is C21H31NO5S. The standard InChI is InChI=1S/C21H31NO5S/c1-14-5-3-4-6-15(2)11-19(23)26-17-12-16(8-7-14)27-21(25,13-17)18-9-10-28-20(24)22-18/h3,5,11,14,16-18,25H,4,6-10,12-13H2,1-2H3,(H,22,24)/t14-,16?,17-,18+,21-/m1/s1. The average Bonchev–Trinajstić information content (AvgIpc) is 2.62. The zero-order valence-corrected chi connectivity index (χ0v) is 17.5. The van der Waals surface area contributed by atoms with Crippen LogP contribution in [0.4, 0.5) is 4.79 Å². The lowest BCUT2D eigenvalue weighted by atomic mass is 9.89. The first-order chi connectivity index (χ1) is 13.3. The van der Waals surface area contributed by atoms with Gasteiger partial charge in [0.1, 0.15) is 6.10 Å². The number of nitrogens with one attached hydrogen (secondary N) is 1. The maximum Gasteiger partial charge on any atom is 0.330 e. The predicted molar refractivity (Wildman–Crippen MR) is 109 cm³/mol. The number of amides is 1. The Morgan fingerprint density at radius 1 is 1.25 bits per heavy atom. The molecule has 2 bridgehead atoms. The van der Waals surface area contributed by atoms with E-state index >= 15 is 0 Å². The smallest absolute Gasteiger partial charge is 0.330 e. The van der Waals surface area contributed by atoms with Crippen molar-refractivity contribution in [1.82, 2.24) is 5.32 Å². The van der Waals surface area contributed by atoms with Gasteiger partial charge >= 0.3 is 5.97 Å². The Bertz CT molecular complexity index is 649. The molecule has 0 spiro atoms. The molecule has 7 heteroatoms. The summed E-state index contributed by atoms with van der Waals surface area (Å²) in [5.74, 6) is -0.832. The van der Waals surface area contributed by atoms with Crippen molar-refractivity contribution in [3.05, 3.63) is 23.8 Å². The monoisotopic (exact) mass is 409 g/mol. The second kappa shape index (κ2) is 9.46. The molecule has 3 heterocycles. The van der Waals surface area contributed by atoms with Gasteiger partial charge in [0.15, 0.2) is 5.79 Å². The van der Waals surface area contributed by atoms with Gasteiger partial charge in [0.2, 0.25) is 0 Å². The van der Waals surface area contributed by atoms with Gasteiger partial charge in [-0.05, 0) is 44.9 Å². The molecule has 1 unspecified atom stereocenters. The molecule has 2 saturated heterocycles. The minimum atomic E-state index is -1.51. The Balaban J connectivity index is 1.79. The van der Waals surface area contributed by atoms with E-state index in [0.717, 1.165) is 31.3 Å². The Labute approximate surface area is 171 Å². The highest BCUT2D eigenvalue weighted by Crippen LogP contribution is 2.36. The molecule has 0 aromatic rings. The highest BCUT2D eigenvalue weighted by Gasteiger charge is 2.48. The van der Waals surface area contributed by atoms with Crippen LogP contribution >= 0.6 is 11.8 Å². The Morgan fingerprint density at radius 3 is 2.86 bits per heavy atom. The van der Waals surface area contributed by atoms with Gasteiger partial charge in [0.25, 0.3) is 5.24 Å². The van der Waals surface area contributed by atoms with Crippen LogP contribution in [-0.2, 0) is 14.3 Å². The molecule has 3 rings (SSSR count). The van der Waals surface area contributed by atoms with Crippen molar-refractivity contribution in [3.8, 4) is 0 Å². The van der Waals surface area contributed by atoms with Crippen molar-refractivity contribution in [2.75, 3.05) is 5.75 Å². The number of carbonyl (C=O) groups excluding carboxylic acids is 2. The van der Waals surface area contributed by atoms with Gasteiger partial charge in [-0.2, -0.15) is 0 Å². The quantitative estimate of drug-likeness (QED) is 0.507. The van der Waals surface area contributed by atoms with Crippen LogP contribution in [0.15, 0.2) is 23.8 Å². The van der Waals surface area contributed by atoms with Crippen molar-refractivity contribution in [3.63, 3.8) is 0 Å². The van der Waals surface area contributed by atoms with Crippen LogP contribution in [0.1, 0.15) is 58.8 Å². The van der Waals surface area contributed by atoms with Crippen molar-refractivity contribution in [1.29, 1.82) is 0 Å². The van der Waals surface area contributed by atoms with Gasteiger partial charge in [-0.15, -0.1) is 0 Å². The van der Waals surface area contributed by atoms with Gasteiger partial charge < -0.3 is 19.9 Å². The minimum absolute atomic E-state index is 0.150. The van der Waals surface area contributed by atoms with Crippen molar-refractivity contribution in [2.24, 2.45) is 5.92 Å². The summed E-state index contributed by atoms with van der Waals surface area (Å²) in [5.41, 5.74) is 0.981. The summed E-state index contributed by atoms with van der Waals surface area (Å²) in [6.45, 7) is 4.11. The first-order valence-corrected chi connectivity index (χ1v) is 11.2. The van der Waals surface area contributed by atoms with E-state index in [0.29, 0.717) is 24.5 Å². The topological polar surface area (TPSA) is 84.9 Å². The van der Waals surface area contributed by atoms with Crippen LogP contribution in [0, 0.1) is 5.92 Å². The van der Waals surface area contributed by atoms with Gasteiger partial charge in [-0.3, -0.25) is 4.79 Å². The third-order valence-corrected chi connectivity index (χ3v) is 6.47. The number of hydrogen-bond acceptors (Lipinski definition) is 6. The van der Waals surface area contributed by atoms with Gasteiger partial charge in [0, 0.05) is 24.7 Å². The van der Waals surface area contributed by atoms with Crippen molar-refractivity contribution < 1.29 is 24.2 Å². The first kappa shape index (κ1) is 21.4. The Morgan fingerprint density at radius 2 is 2.07 bits per heavy atom. The summed E-state index contributed by atoms with van der Waals surface area (Å²) in [5, 5.41) is 13.9. The maximum absolute atomic E-state index is 12.3. The van der Waals surface area contributed by atoms with Crippen LogP contribution in [0.5, 0.6) is 0 Å². The second-order valence-electron chi connectivity index (χ2n) is 8.22. The molecule has 3 aliphatic rings. The molecular weight excluding hydrogens is 378 g/mol. The lowest BCUT2D eigenvalue weighted by Crippen LogP contribution is -2.60. The van der Waals surface area contributed by atoms with Gasteiger partial charge in [-0.1, -0.05) is 36.4 Å². The van der Waals surface area contributed by atoms with E-state index in [1.165, 1.54) is 11.8 Å². The molecule has 0 aliphatic carbocycles. The number of thioether (sulfide) groups is 1. The fourth-order valence-electron chi connectivity index (χ4n) is 4.10. The molecule has 0 saturated carbocycles. The third kappa shape index (κ3) is 5.84. The average molecular weight is 410 g/mol. The zero-order chi connectivity index (χ0) is 20.1. The molecule has 2 fully saturated rings. The van der Waals surface area contributed by atoms with Crippen LogP contribution in [-0.4, -0.2) is 46.1 Å². The summed E-state index contributed by atoms with van der Waals surface area (Å²) >= 11 is 1.21. The van der Waals surface area contributed by atoms with E-state index in [2.05, 4.69) is 24.4 Å². The van der Waals surface area contributed by atoms with Gasteiger partial charge in [-0.25, -0.2) is 4.79 Å². The molecule has 6 nitrogen and oxygen atoms in total. The molecule has 3 aliphatic heterocycles. The lowest BCUT2D eigenvalue weighted by Gasteiger charge is -2.46. The first-order valence-electron chi connectivity index (χ1n) is 10.2. The molecule has 0 aromatic carbocycles. The van der Waals surface area contributed by atoms with E-state index in [1.54, 1.807) is 6.08 Å². The van der Waals surface area contributed by atoms with E-state index in [1.807, 2.05) is 6.92 Å². The number of hydrogen-bond donors (Lipinski definition) is 2. The molecule has 5 atom stereocenters. The number of allylic oxidation sites excluding steroid dienone is 3. The van der Waals surface area contributed by atoms with E-state index in [4.69, 9.17) is 9.47 Å². The SMILES string of the molecule is CC1=CC(=O)O[C@@H]2CC(CC[C@H](C)C=CCC1)O[C@@](O)([C@@H]1CCSC(=O)N1)C2. The zero-order valence-electron chi connectivity index (χ0n) is 16.7. The number of aliphatic hydroxyl groups is 1. The van der Waals surface area contributed by atoms with E-state index in [9.17, 15) is 14.7 Å². The number of fused-ring (bicyclic) bond motifs is 2. The number of esters is 1.